The van der Waals surface area contributed by atoms with Crippen molar-refractivity contribution in [2.75, 3.05) is 25.6 Å². The number of nitrogens with zero attached hydrogens (tertiary/aromatic N) is 4. The van der Waals surface area contributed by atoms with Crippen molar-refractivity contribution < 1.29 is 4.39 Å². The predicted molar refractivity (Wildman–Crippen MR) is 109 cm³/mol. The lowest BCUT2D eigenvalue weighted by atomic mass is 10.0. The number of nitrogens with two attached hydrogens (primary N) is 2. The minimum absolute atomic E-state index is 0.116. The van der Waals surface area contributed by atoms with Crippen molar-refractivity contribution in [3.63, 3.8) is 0 Å². The molecule has 0 amide bonds. The van der Waals surface area contributed by atoms with Crippen LogP contribution in [-0.2, 0) is 6.54 Å². The molecular weight excluding hydrogens is 355 g/mol. The van der Waals surface area contributed by atoms with Crippen molar-refractivity contribution in [3.8, 4) is 23.1 Å². The number of halogens is 1. The monoisotopic (exact) mass is 376 g/mol. The van der Waals surface area contributed by atoms with Crippen LogP contribution in [0.3, 0.4) is 0 Å². The van der Waals surface area contributed by atoms with Crippen LogP contribution in [0.1, 0.15) is 22.4 Å². The van der Waals surface area contributed by atoms with Crippen molar-refractivity contribution in [1.29, 1.82) is 0 Å². The number of nitrogen functional groups attached to an aromatic ring is 2. The summed E-state index contributed by atoms with van der Waals surface area (Å²) < 4.78 is 14.2. The van der Waals surface area contributed by atoms with Gasteiger partial charge in [0.1, 0.15) is 11.6 Å². The number of aryl methyl sites for hydroxylation is 1. The standard InChI is InChI=1S/C21H21FN6/c1-13-18(6-4-14-5-7-19(23)25-11-14)20(27-21(24)26-13)16-8-15(12-28(2)3)9-17(22)10-16/h5,7-11H,12H2,1-3H3,(H2,23,25)(H2,24,26,27). The number of anilines is 2. The maximum atomic E-state index is 14.2. The predicted octanol–water partition coefficient (Wildman–Crippen LogP) is 2.61. The second kappa shape index (κ2) is 8.03. The molecule has 3 rings (SSSR count). The van der Waals surface area contributed by atoms with Gasteiger partial charge in [0.15, 0.2) is 0 Å². The smallest absolute Gasteiger partial charge is 0.220 e. The third-order valence-electron chi connectivity index (χ3n) is 3.96. The molecule has 4 N–H and O–H groups in total. The van der Waals surface area contributed by atoms with Crippen LogP contribution in [-0.4, -0.2) is 33.9 Å². The zero-order chi connectivity index (χ0) is 20.3. The number of hydrogen-bond donors (Lipinski definition) is 2. The van der Waals surface area contributed by atoms with Gasteiger partial charge < -0.3 is 16.4 Å². The lowest BCUT2D eigenvalue weighted by Gasteiger charge is -2.13. The molecule has 0 spiro atoms. The highest BCUT2D eigenvalue weighted by Crippen LogP contribution is 2.26. The second-order valence-electron chi connectivity index (χ2n) is 6.70. The summed E-state index contributed by atoms with van der Waals surface area (Å²) in [6.45, 7) is 2.40. The summed E-state index contributed by atoms with van der Waals surface area (Å²) >= 11 is 0. The van der Waals surface area contributed by atoms with E-state index in [0.717, 1.165) is 5.56 Å². The molecule has 2 aromatic heterocycles. The lowest BCUT2D eigenvalue weighted by molar-refractivity contribution is 0.401. The molecule has 142 valence electrons. The first-order valence-electron chi connectivity index (χ1n) is 8.64. The van der Waals surface area contributed by atoms with Gasteiger partial charge >= 0.3 is 0 Å². The average Bonchev–Trinajstić information content (AvgIpc) is 2.60. The van der Waals surface area contributed by atoms with Crippen LogP contribution in [0.2, 0.25) is 0 Å². The van der Waals surface area contributed by atoms with E-state index >= 15 is 0 Å². The van der Waals surface area contributed by atoms with Gasteiger partial charge in [-0.25, -0.2) is 19.3 Å². The Balaban J connectivity index is 2.12. The molecule has 28 heavy (non-hydrogen) atoms. The van der Waals surface area contributed by atoms with E-state index in [1.165, 1.54) is 12.1 Å². The zero-order valence-corrected chi connectivity index (χ0v) is 16.0. The maximum Gasteiger partial charge on any atom is 0.220 e. The molecular formula is C21H21FN6. The number of rotatable bonds is 3. The van der Waals surface area contributed by atoms with E-state index in [1.54, 1.807) is 25.3 Å². The average molecular weight is 376 g/mol. The third kappa shape index (κ3) is 4.61. The Kier molecular flexibility index (Phi) is 5.52. The number of aromatic nitrogens is 3. The minimum atomic E-state index is -0.342. The molecule has 3 aromatic rings. The van der Waals surface area contributed by atoms with Crippen LogP contribution < -0.4 is 11.5 Å². The number of pyridine rings is 1. The largest absolute Gasteiger partial charge is 0.384 e. The Morgan fingerprint density at radius 3 is 2.54 bits per heavy atom. The Morgan fingerprint density at radius 1 is 1.07 bits per heavy atom. The van der Waals surface area contributed by atoms with Gasteiger partial charge in [-0.05, 0) is 56.9 Å². The molecule has 0 radical (unpaired) electrons. The van der Waals surface area contributed by atoms with Crippen molar-refractivity contribution in [3.05, 3.63) is 64.7 Å². The summed E-state index contributed by atoms with van der Waals surface area (Å²) in [5.41, 5.74) is 15.3. The quantitative estimate of drug-likeness (QED) is 0.683. The zero-order valence-electron chi connectivity index (χ0n) is 16.0. The fourth-order valence-electron chi connectivity index (χ4n) is 2.81. The molecule has 0 fully saturated rings. The molecule has 0 saturated carbocycles. The van der Waals surface area contributed by atoms with Crippen LogP contribution >= 0.6 is 0 Å². The molecule has 0 saturated heterocycles. The third-order valence-corrected chi connectivity index (χ3v) is 3.96. The molecule has 2 heterocycles. The maximum absolute atomic E-state index is 14.2. The summed E-state index contributed by atoms with van der Waals surface area (Å²) in [6.07, 6.45) is 1.59. The molecule has 0 aliphatic rings. The van der Waals surface area contributed by atoms with Gasteiger partial charge in [-0.3, -0.25) is 0 Å². The summed E-state index contributed by atoms with van der Waals surface area (Å²) in [4.78, 5) is 14.5. The van der Waals surface area contributed by atoms with Gasteiger partial charge in [-0.2, -0.15) is 0 Å². The van der Waals surface area contributed by atoms with Crippen LogP contribution in [0.4, 0.5) is 16.2 Å². The van der Waals surface area contributed by atoms with E-state index in [1.807, 2.05) is 25.1 Å². The highest BCUT2D eigenvalue weighted by atomic mass is 19.1. The molecule has 0 aliphatic heterocycles. The van der Waals surface area contributed by atoms with Crippen LogP contribution in [0, 0.1) is 24.6 Å². The van der Waals surface area contributed by atoms with Gasteiger partial charge in [-0.15, -0.1) is 0 Å². The van der Waals surface area contributed by atoms with E-state index in [0.29, 0.717) is 40.4 Å². The first-order valence-corrected chi connectivity index (χ1v) is 8.64. The fourth-order valence-corrected chi connectivity index (χ4v) is 2.81. The van der Waals surface area contributed by atoms with E-state index in [-0.39, 0.29) is 11.8 Å². The number of hydrogen-bond acceptors (Lipinski definition) is 6. The van der Waals surface area contributed by atoms with E-state index in [9.17, 15) is 4.39 Å². The summed E-state index contributed by atoms with van der Waals surface area (Å²) in [5.74, 6) is 6.30. The highest BCUT2D eigenvalue weighted by molar-refractivity contribution is 5.70. The normalized spacial score (nSPS) is 10.6. The molecule has 0 aliphatic carbocycles. The van der Waals surface area contributed by atoms with E-state index in [2.05, 4.69) is 26.8 Å². The van der Waals surface area contributed by atoms with Gasteiger partial charge in [0, 0.05) is 23.9 Å². The van der Waals surface area contributed by atoms with Crippen LogP contribution in [0.25, 0.3) is 11.3 Å². The summed E-state index contributed by atoms with van der Waals surface area (Å²) in [5, 5.41) is 0. The van der Waals surface area contributed by atoms with Crippen LogP contribution in [0.15, 0.2) is 36.5 Å². The minimum Gasteiger partial charge on any atom is -0.384 e. The van der Waals surface area contributed by atoms with Gasteiger partial charge in [0.2, 0.25) is 5.95 Å². The van der Waals surface area contributed by atoms with Crippen molar-refractivity contribution in [2.24, 2.45) is 0 Å². The SMILES string of the molecule is Cc1nc(N)nc(-c2cc(F)cc(CN(C)C)c2)c1C#Cc1ccc(N)nc1. The molecule has 7 heteroatoms. The first-order chi connectivity index (χ1) is 13.3. The molecule has 1 aromatic carbocycles. The topological polar surface area (TPSA) is 94.0 Å². The highest BCUT2D eigenvalue weighted by Gasteiger charge is 2.13. The van der Waals surface area contributed by atoms with Gasteiger partial charge in [0.25, 0.3) is 0 Å². The molecule has 6 nitrogen and oxygen atoms in total. The Bertz CT molecular complexity index is 1060. The Labute approximate surface area is 163 Å². The second-order valence-corrected chi connectivity index (χ2v) is 6.70. The van der Waals surface area contributed by atoms with Crippen molar-refractivity contribution in [1.82, 2.24) is 19.9 Å². The van der Waals surface area contributed by atoms with Crippen molar-refractivity contribution in [2.45, 2.75) is 13.5 Å². The first kappa shape index (κ1) is 19.3. The molecule has 0 atom stereocenters. The summed E-state index contributed by atoms with van der Waals surface area (Å²) in [6, 6.07) is 8.28. The van der Waals surface area contributed by atoms with Gasteiger partial charge in [-0.1, -0.05) is 11.8 Å². The van der Waals surface area contributed by atoms with Gasteiger partial charge in [0.05, 0.1) is 17.0 Å². The van der Waals surface area contributed by atoms with Crippen molar-refractivity contribution >= 4 is 11.8 Å². The molecule has 0 bridgehead atoms. The summed E-state index contributed by atoms with van der Waals surface area (Å²) in [7, 11) is 3.85. The van der Waals surface area contributed by atoms with E-state index in [4.69, 9.17) is 11.5 Å². The Morgan fingerprint density at radius 2 is 1.86 bits per heavy atom. The molecule has 0 unspecified atom stereocenters. The fraction of sp³-hybridized carbons (Fsp3) is 0.190. The van der Waals surface area contributed by atoms with Crippen LogP contribution in [0.5, 0.6) is 0 Å². The van der Waals surface area contributed by atoms with E-state index < -0.39 is 0 Å². The lowest BCUT2D eigenvalue weighted by Crippen LogP contribution is -2.11. The number of benzene rings is 1. The Hall–Kier alpha value is -3.50.